The van der Waals surface area contributed by atoms with Gasteiger partial charge in [0.25, 0.3) is 0 Å². The molecular formula is C21H26Cl3N3O. The molecule has 3 aromatic rings. The van der Waals surface area contributed by atoms with Crippen LogP contribution in [0, 0.1) is 6.92 Å². The first-order valence-electron chi connectivity index (χ1n) is 8.59. The molecule has 4 nitrogen and oxygen atoms in total. The van der Waals surface area contributed by atoms with E-state index in [1.165, 1.54) is 5.56 Å². The van der Waals surface area contributed by atoms with E-state index >= 15 is 0 Å². The third kappa shape index (κ3) is 5.65. The molecule has 0 spiro atoms. The van der Waals surface area contributed by atoms with E-state index in [0.717, 1.165) is 39.6 Å². The number of aromatic nitrogens is 1. The van der Waals surface area contributed by atoms with Crippen molar-refractivity contribution in [3.63, 3.8) is 0 Å². The number of hydrogen-bond donors (Lipinski definition) is 1. The number of likely N-dealkylation sites (N-methyl/N-ethyl adjacent to an activating group) is 1. The van der Waals surface area contributed by atoms with Gasteiger partial charge in [0, 0.05) is 28.3 Å². The minimum atomic E-state index is 0. The topological polar surface area (TPSA) is 37.4 Å². The van der Waals surface area contributed by atoms with Crippen LogP contribution in [-0.4, -0.2) is 37.6 Å². The van der Waals surface area contributed by atoms with Crippen LogP contribution in [0.1, 0.15) is 17.3 Å². The van der Waals surface area contributed by atoms with Gasteiger partial charge >= 0.3 is 0 Å². The van der Waals surface area contributed by atoms with Crippen molar-refractivity contribution in [1.29, 1.82) is 0 Å². The number of pyridine rings is 1. The van der Waals surface area contributed by atoms with E-state index in [-0.39, 0.29) is 30.9 Å². The summed E-state index contributed by atoms with van der Waals surface area (Å²) in [6.45, 7) is 2.86. The first-order valence-corrected chi connectivity index (χ1v) is 8.97. The highest BCUT2D eigenvalue weighted by Gasteiger charge is 2.16. The number of methoxy groups -OCH3 is 1. The summed E-state index contributed by atoms with van der Waals surface area (Å²) in [6, 6.07) is 16.2. The lowest BCUT2D eigenvalue weighted by atomic mass is 10.0. The van der Waals surface area contributed by atoms with Crippen LogP contribution in [0.2, 0.25) is 5.02 Å². The van der Waals surface area contributed by atoms with Gasteiger partial charge in [-0.1, -0.05) is 35.9 Å². The predicted molar refractivity (Wildman–Crippen MR) is 124 cm³/mol. The standard InChI is InChI=1S/C21H24ClN3O.2ClH/c1-14-12-18(17-6-5-7-20(26-4)21(17)23-14)24-19(13-25(2)3)15-8-10-16(22)11-9-15;;/h5-12,19H,13H2,1-4H3,(H,23,24);2*1H. The van der Waals surface area contributed by atoms with Gasteiger partial charge in [-0.05, 0) is 50.8 Å². The summed E-state index contributed by atoms with van der Waals surface area (Å²) < 4.78 is 5.49. The highest BCUT2D eigenvalue weighted by Crippen LogP contribution is 2.32. The Morgan fingerprint density at radius 2 is 1.79 bits per heavy atom. The number of hydrogen-bond acceptors (Lipinski definition) is 4. The molecule has 3 rings (SSSR count). The van der Waals surface area contributed by atoms with Crippen LogP contribution < -0.4 is 10.1 Å². The highest BCUT2D eigenvalue weighted by atomic mass is 35.5. The molecule has 0 aliphatic rings. The molecule has 1 N–H and O–H groups in total. The van der Waals surface area contributed by atoms with Gasteiger partial charge in [-0.25, -0.2) is 4.98 Å². The zero-order chi connectivity index (χ0) is 18.7. The lowest BCUT2D eigenvalue weighted by molar-refractivity contribution is 0.387. The molecule has 0 amide bonds. The molecular weight excluding hydrogens is 417 g/mol. The number of para-hydroxylation sites is 1. The van der Waals surface area contributed by atoms with Gasteiger partial charge < -0.3 is 15.0 Å². The van der Waals surface area contributed by atoms with Crippen molar-refractivity contribution in [2.45, 2.75) is 13.0 Å². The van der Waals surface area contributed by atoms with E-state index < -0.39 is 0 Å². The number of nitrogens with one attached hydrogen (secondary N) is 1. The Morgan fingerprint density at radius 3 is 2.39 bits per heavy atom. The van der Waals surface area contributed by atoms with Crippen LogP contribution in [0.4, 0.5) is 5.69 Å². The average Bonchev–Trinajstić information content (AvgIpc) is 2.61. The van der Waals surface area contributed by atoms with Crippen molar-refractivity contribution in [2.24, 2.45) is 0 Å². The molecule has 1 atom stereocenters. The third-order valence-electron chi connectivity index (χ3n) is 4.30. The Hall–Kier alpha value is -1.72. The van der Waals surface area contributed by atoms with E-state index in [0.29, 0.717) is 0 Å². The number of nitrogens with zero attached hydrogens (tertiary/aromatic N) is 2. The first-order chi connectivity index (χ1) is 12.5. The SMILES string of the molecule is COc1cccc2c(NC(CN(C)C)c3ccc(Cl)cc3)cc(C)nc12.Cl.Cl. The van der Waals surface area contributed by atoms with Crippen LogP contribution in [0.15, 0.2) is 48.5 Å². The van der Waals surface area contributed by atoms with Gasteiger partial charge in [-0.2, -0.15) is 0 Å². The highest BCUT2D eigenvalue weighted by molar-refractivity contribution is 6.30. The summed E-state index contributed by atoms with van der Waals surface area (Å²) in [5, 5.41) is 5.49. The Kier molecular flexibility index (Phi) is 9.31. The second kappa shape index (κ2) is 10.7. The summed E-state index contributed by atoms with van der Waals surface area (Å²) in [7, 11) is 5.82. The van der Waals surface area contributed by atoms with E-state index in [2.05, 4.69) is 53.6 Å². The molecule has 0 fully saturated rings. The third-order valence-corrected chi connectivity index (χ3v) is 4.55. The van der Waals surface area contributed by atoms with Gasteiger partial charge in [0.15, 0.2) is 0 Å². The number of halogens is 3. The smallest absolute Gasteiger partial charge is 0.145 e. The van der Waals surface area contributed by atoms with Gasteiger partial charge in [-0.3, -0.25) is 0 Å². The Balaban J connectivity index is 0.00000196. The molecule has 0 saturated carbocycles. The number of aryl methyl sites for hydroxylation is 1. The van der Waals surface area contributed by atoms with Crippen molar-refractivity contribution in [3.8, 4) is 5.75 Å². The molecule has 152 valence electrons. The predicted octanol–water partition coefficient (Wildman–Crippen LogP) is 5.76. The van der Waals surface area contributed by atoms with Gasteiger partial charge in [0.2, 0.25) is 0 Å². The van der Waals surface area contributed by atoms with Crippen LogP contribution in [0.5, 0.6) is 5.75 Å². The normalized spacial score (nSPS) is 11.5. The average molecular weight is 443 g/mol. The number of rotatable bonds is 6. The van der Waals surface area contributed by atoms with Crippen molar-refractivity contribution in [3.05, 3.63) is 64.8 Å². The monoisotopic (exact) mass is 441 g/mol. The Labute approximate surface area is 184 Å². The quantitative estimate of drug-likeness (QED) is 0.526. The number of anilines is 1. The van der Waals surface area contributed by atoms with Crippen molar-refractivity contribution >= 4 is 53.0 Å². The Bertz CT molecular complexity index is 901. The van der Waals surface area contributed by atoms with E-state index in [1.54, 1.807) is 7.11 Å². The fourth-order valence-electron chi connectivity index (χ4n) is 3.12. The molecule has 0 aliphatic carbocycles. The van der Waals surface area contributed by atoms with E-state index in [1.807, 2.05) is 31.2 Å². The summed E-state index contributed by atoms with van der Waals surface area (Å²) in [5.41, 5.74) is 4.06. The van der Waals surface area contributed by atoms with Crippen LogP contribution >= 0.6 is 36.4 Å². The molecule has 7 heteroatoms. The fourth-order valence-corrected chi connectivity index (χ4v) is 3.24. The zero-order valence-electron chi connectivity index (χ0n) is 16.4. The zero-order valence-corrected chi connectivity index (χ0v) is 18.8. The minimum absolute atomic E-state index is 0. The fraction of sp³-hybridized carbons (Fsp3) is 0.286. The summed E-state index contributed by atoms with van der Waals surface area (Å²) in [4.78, 5) is 6.84. The van der Waals surface area contributed by atoms with Crippen LogP contribution in [-0.2, 0) is 0 Å². The molecule has 1 unspecified atom stereocenters. The molecule has 1 heterocycles. The molecule has 2 aromatic carbocycles. The maximum Gasteiger partial charge on any atom is 0.145 e. The maximum atomic E-state index is 6.06. The molecule has 0 saturated heterocycles. The summed E-state index contributed by atoms with van der Waals surface area (Å²) in [5.74, 6) is 0.782. The van der Waals surface area contributed by atoms with Crippen LogP contribution in [0.3, 0.4) is 0 Å². The molecule has 1 aromatic heterocycles. The number of fused-ring (bicyclic) bond motifs is 1. The Morgan fingerprint density at radius 1 is 1.11 bits per heavy atom. The van der Waals surface area contributed by atoms with Gasteiger partial charge in [0.1, 0.15) is 11.3 Å². The molecule has 0 radical (unpaired) electrons. The summed E-state index contributed by atoms with van der Waals surface area (Å²) >= 11 is 6.06. The van der Waals surface area contributed by atoms with Gasteiger partial charge in [-0.15, -0.1) is 24.8 Å². The van der Waals surface area contributed by atoms with E-state index in [9.17, 15) is 0 Å². The van der Waals surface area contributed by atoms with E-state index in [4.69, 9.17) is 16.3 Å². The lowest BCUT2D eigenvalue weighted by Crippen LogP contribution is -2.25. The summed E-state index contributed by atoms with van der Waals surface area (Å²) in [6.07, 6.45) is 0. The van der Waals surface area contributed by atoms with Crippen molar-refractivity contribution in [2.75, 3.05) is 33.1 Å². The molecule has 0 bridgehead atoms. The van der Waals surface area contributed by atoms with Crippen molar-refractivity contribution < 1.29 is 4.74 Å². The second-order valence-corrected chi connectivity index (χ2v) is 7.11. The minimum Gasteiger partial charge on any atom is -0.494 e. The van der Waals surface area contributed by atoms with Crippen molar-refractivity contribution in [1.82, 2.24) is 9.88 Å². The number of ether oxygens (including phenoxy) is 1. The van der Waals surface area contributed by atoms with Crippen LogP contribution in [0.25, 0.3) is 10.9 Å². The lowest BCUT2D eigenvalue weighted by Gasteiger charge is -2.25. The molecule has 28 heavy (non-hydrogen) atoms. The number of benzene rings is 2. The maximum absolute atomic E-state index is 6.06. The largest absolute Gasteiger partial charge is 0.494 e. The first kappa shape index (κ1) is 24.3. The van der Waals surface area contributed by atoms with Gasteiger partial charge in [0.05, 0.1) is 13.2 Å². The molecule has 0 aliphatic heterocycles. The second-order valence-electron chi connectivity index (χ2n) is 6.68.